The van der Waals surface area contributed by atoms with Crippen LogP contribution < -0.4 is 10.6 Å². The number of hydrogen-bond acceptors (Lipinski definition) is 6. The van der Waals surface area contributed by atoms with Crippen molar-refractivity contribution in [3.63, 3.8) is 0 Å². The second-order valence-corrected chi connectivity index (χ2v) is 9.30. The fourth-order valence-electron chi connectivity index (χ4n) is 4.80. The molecule has 0 aliphatic carbocycles. The summed E-state index contributed by atoms with van der Waals surface area (Å²) in [4.78, 5) is 22.6. The second kappa shape index (κ2) is 8.37. The zero-order valence-corrected chi connectivity index (χ0v) is 18.9. The Bertz CT molecular complexity index is 1180. The Kier molecular flexibility index (Phi) is 5.54. The van der Waals surface area contributed by atoms with Gasteiger partial charge in [0.15, 0.2) is 5.65 Å². The van der Waals surface area contributed by atoms with Gasteiger partial charge in [0, 0.05) is 48.4 Å². The molecule has 2 unspecified atom stereocenters. The zero-order valence-electron chi connectivity index (χ0n) is 18.0. The summed E-state index contributed by atoms with van der Waals surface area (Å²) < 4.78 is 16.2. The molecule has 2 atom stereocenters. The molecule has 2 fully saturated rings. The number of rotatable bonds is 3. The van der Waals surface area contributed by atoms with Gasteiger partial charge in [-0.15, -0.1) is 12.6 Å². The molecule has 5 rings (SSSR count). The molecule has 7 nitrogen and oxygen atoms in total. The Morgan fingerprint density at radius 1 is 1.22 bits per heavy atom. The van der Waals surface area contributed by atoms with Crippen molar-refractivity contribution in [1.29, 1.82) is 0 Å². The highest BCUT2D eigenvalue weighted by atomic mass is 32.1. The van der Waals surface area contributed by atoms with Gasteiger partial charge in [-0.05, 0) is 50.8 Å². The summed E-state index contributed by atoms with van der Waals surface area (Å²) >= 11 is 4.27. The summed E-state index contributed by atoms with van der Waals surface area (Å²) in [6.45, 7) is 4.28. The number of nitrogens with zero attached hydrogens (tertiary/aromatic N) is 5. The maximum Gasteiger partial charge on any atom is 0.257 e. The van der Waals surface area contributed by atoms with Gasteiger partial charge in [0.05, 0.1) is 17.3 Å². The minimum absolute atomic E-state index is 0.0507. The molecule has 0 radical (unpaired) electrons. The first-order chi connectivity index (χ1) is 15.4. The van der Waals surface area contributed by atoms with Crippen molar-refractivity contribution in [3.8, 4) is 0 Å². The number of carbonyl (C=O) groups excluding carboxylic acids is 1. The van der Waals surface area contributed by atoms with Crippen LogP contribution >= 0.6 is 12.6 Å². The van der Waals surface area contributed by atoms with Gasteiger partial charge in [0.25, 0.3) is 5.91 Å². The summed E-state index contributed by atoms with van der Waals surface area (Å²) in [6.07, 6.45) is 5.59. The molecule has 2 saturated heterocycles. The highest BCUT2D eigenvalue weighted by Crippen LogP contribution is 2.33. The Hall–Kier alpha value is -2.65. The van der Waals surface area contributed by atoms with Crippen LogP contribution in [-0.4, -0.2) is 51.1 Å². The van der Waals surface area contributed by atoms with Crippen molar-refractivity contribution in [2.24, 2.45) is 5.73 Å². The van der Waals surface area contributed by atoms with Crippen LogP contribution in [0.15, 0.2) is 35.4 Å². The van der Waals surface area contributed by atoms with Gasteiger partial charge in [-0.1, -0.05) is 0 Å². The first-order valence-electron chi connectivity index (χ1n) is 11.1. The van der Waals surface area contributed by atoms with Crippen LogP contribution in [0, 0.1) is 12.7 Å². The van der Waals surface area contributed by atoms with Crippen molar-refractivity contribution >= 4 is 30.0 Å². The van der Waals surface area contributed by atoms with Gasteiger partial charge >= 0.3 is 0 Å². The second-order valence-electron chi connectivity index (χ2n) is 8.79. The van der Waals surface area contributed by atoms with E-state index in [1.165, 1.54) is 12.1 Å². The third-order valence-corrected chi connectivity index (χ3v) is 6.71. The van der Waals surface area contributed by atoms with Gasteiger partial charge in [0.1, 0.15) is 11.6 Å². The van der Waals surface area contributed by atoms with Gasteiger partial charge < -0.3 is 15.5 Å². The maximum absolute atomic E-state index is 14.4. The Balaban J connectivity index is 1.48. The van der Waals surface area contributed by atoms with E-state index in [9.17, 15) is 9.18 Å². The number of halogens is 1. The molecule has 0 saturated carbocycles. The first kappa shape index (κ1) is 21.2. The number of hydrogen-bond donors (Lipinski definition) is 2. The maximum atomic E-state index is 14.4. The van der Waals surface area contributed by atoms with E-state index >= 15 is 0 Å². The van der Waals surface area contributed by atoms with Crippen LogP contribution in [0.2, 0.25) is 0 Å². The highest BCUT2D eigenvalue weighted by molar-refractivity contribution is 7.80. The predicted octanol–water partition coefficient (Wildman–Crippen LogP) is 3.37. The number of aromatic nitrogens is 3. The van der Waals surface area contributed by atoms with Crippen LogP contribution in [0.1, 0.15) is 53.3 Å². The van der Waals surface area contributed by atoms with E-state index < -0.39 is 5.82 Å². The summed E-state index contributed by atoms with van der Waals surface area (Å²) in [5.74, 6) is 0.0788. The lowest BCUT2D eigenvalue weighted by atomic mass is 9.98. The number of thiol groups is 1. The average molecular weight is 455 g/mol. The standard InChI is InChI=1S/C23H27FN6OS/c1-14-12-30-21(26-22(14)28-9-7-15(25)13-28)11-19(27-30)20-4-2-3-8-29(20)23(31)17-10-16(32)5-6-18(17)24/h5-6,10-12,15,20,32H,2-4,7-9,13,25H2,1H3. The van der Waals surface area contributed by atoms with Gasteiger partial charge in [-0.2, -0.15) is 5.10 Å². The number of amides is 1. The van der Waals surface area contributed by atoms with E-state index in [4.69, 9.17) is 15.8 Å². The number of aryl methyl sites for hydroxylation is 1. The molecule has 0 bridgehead atoms. The predicted molar refractivity (Wildman–Crippen MR) is 124 cm³/mol. The van der Waals surface area contributed by atoms with Crippen molar-refractivity contribution in [2.75, 3.05) is 24.5 Å². The lowest BCUT2D eigenvalue weighted by Crippen LogP contribution is -2.39. The summed E-state index contributed by atoms with van der Waals surface area (Å²) in [5, 5.41) is 4.75. The summed E-state index contributed by atoms with van der Waals surface area (Å²) in [5.41, 5.74) is 8.68. The van der Waals surface area contributed by atoms with Gasteiger partial charge in [-0.25, -0.2) is 13.9 Å². The Morgan fingerprint density at radius 3 is 2.84 bits per heavy atom. The van der Waals surface area contributed by atoms with E-state index in [-0.39, 0.29) is 23.6 Å². The number of likely N-dealkylation sites (tertiary alicyclic amines) is 1. The molecule has 168 valence electrons. The first-order valence-corrected chi connectivity index (χ1v) is 11.5. The SMILES string of the molecule is Cc1cn2nc(C3CCCCN3C(=O)c3cc(S)ccc3F)cc2nc1N1CCC(N)C1. The molecule has 3 aromatic rings. The monoisotopic (exact) mass is 454 g/mol. The molecular formula is C23H27FN6OS. The van der Waals surface area contributed by atoms with E-state index in [2.05, 4.69) is 17.5 Å². The lowest BCUT2D eigenvalue weighted by molar-refractivity contribution is 0.0600. The van der Waals surface area contributed by atoms with Crippen molar-refractivity contribution in [2.45, 2.75) is 49.6 Å². The van der Waals surface area contributed by atoms with Crippen LogP contribution in [0.25, 0.3) is 5.65 Å². The highest BCUT2D eigenvalue weighted by Gasteiger charge is 2.32. The average Bonchev–Trinajstić information content (AvgIpc) is 3.40. The van der Waals surface area contributed by atoms with Crippen LogP contribution in [0.5, 0.6) is 0 Å². The molecule has 1 amide bonds. The smallest absolute Gasteiger partial charge is 0.257 e. The Morgan fingerprint density at radius 2 is 2.06 bits per heavy atom. The lowest BCUT2D eigenvalue weighted by Gasteiger charge is -2.34. The normalized spacial score (nSPS) is 21.5. The number of piperidine rings is 1. The van der Waals surface area contributed by atoms with E-state index in [1.54, 1.807) is 15.5 Å². The van der Waals surface area contributed by atoms with Crippen molar-refractivity contribution in [3.05, 3.63) is 53.1 Å². The third kappa shape index (κ3) is 3.84. The number of anilines is 1. The molecule has 2 aliphatic heterocycles. The van der Waals surface area contributed by atoms with Crippen LogP contribution in [0.4, 0.5) is 10.2 Å². The molecule has 4 heterocycles. The van der Waals surface area contributed by atoms with Gasteiger partial charge in [0.2, 0.25) is 0 Å². The molecule has 9 heteroatoms. The van der Waals surface area contributed by atoms with E-state index in [0.717, 1.165) is 61.5 Å². The fraction of sp³-hybridized carbons (Fsp3) is 0.435. The minimum Gasteiger partial charge on any atom is -0.355 e. The number of benzene rings is 1. The quantitative estimate of drug-likeness (QED) is 0.593. The Labute approximate surface area is 191 Å². The molecule has 32 heavy (non-hydrogen) atoms. The number of nitrogens with two attached hydrogens (primary N) is 1. The van der Waals surface area contributed by atoms with Gasteiger partial charge in [-0.3, -0.25) is 4.79 Å². The number of fused-ring (bicyclic) bond motifs is 1. The van der Waals surface area contributed by atoms with Crippen molar-refractivity contribution < 1.29 is 9.18 Å². The molecule has 2 N–H and O–H groups in total. The van der Waals surface area contributed by atoms with E-state index in [1.807, 2.05) is 19.2 Å². The topological polar surface area (TPSA) is 79.8 Å². The third-order valence-electron chi connectivity index (χ3n) is 6.43. The molecule has 2 aliphatic rings. The molecule has 2 aromatic heterocycles. The van der Waals surface area contributed by atoms with Crippen LogP contribution in [0.3, 0.4) is 0 Å². The zero-order chi connectivity index (χ0) is 22.4. The minimum atomic E-state index is -0.530. The number of carbonyl (C=O) groups is 1. The molecule has 1 aromatic carbocycles. The van der Waals surface area contributed by atoms with E-state index in [0.29, 0.717) is 11.4 Å². The molecular weight excluding hydrogens is 427 g/mol. The fourth-order valence-corrected chi connectivity index (χ4v) is 5.00. The summed E-state index contributed by atoms with van der Waals surface area (Å²) in [6, 6.07) is 6.23. The van der Waals surface area contributed by atoms with Crippen LogP contribution in [-0.2, 0) is 0 Å². The summed E-state index contributed by atoms with van der Waals surface area (Å²) in [7, 11) is 0. The largest absolute Gasteiger partial charge is 0.355 e. The molecule has 0 spiro atoms. The van der Waals surface area contributed by atoms with Crippen molar-refractivity contribution in [1.82, 2.24) is 19.5 Å².